The molecule has 2 heterocycles. The van der Waals surface area contributed by atoms with Crippen molar-refractivity contribution < 1.29 is 4.79 Å². The summed E-state index contributed by atoms with van der Waals surface area (Å²) in [7, 11) is 0. The smallest absolute Gasteiger partial charge is 0.251 e. The van der Waals surface area contributed by atoms with Gasteiger partial charge in [-0.1, -0.05) is 18.2 Å². The van der Waals surface area contributed by atoms with Gasteiger partial charge in [0, 0.05) is 30.6 Å². The fourth-order valence-electron chi connectivity index (χ4n) is 2.43. The van der Waals surface area contributed by atoms with Crippen molar-refractivity contribution in [2.75, 3.05) is 13.1 Å². The van der Waals surface area contributed by atoms with Gasteiger partial charge >= 0.3 is 0 Å². The Labute approximate surface area is 82.5 Å². The summed E-state index contributed by atoms with van der Waals surface area (Å²) >= 11 is 0. The molecule has 3 rings (SSSR count). The van der Waals surface area contributed by atoms with Crippen molar-refractivity contribution in [2.24, 2.45) is 0 Å². The zero-order valence-corrected chi connectivity index (χ0v) is 7.79. The second-order valence-electron chi connectivity index (χ2n) is 3.93. The lowest BCUT2D eigenvalue weighted by Crippen LogP contribution is -2.44. The third-order valence-electron chi connectivity index (χ3n) is 3.14. The van der Waals surface area contributed by atoms with E-state index in [9.17, 15) is 4.79 Å². The average molecular weight is 188 g/mol. The molecule has 0 aliphatic carbocycles. The molecule has 1 amide bonds. The number of carbonyl (C=O) groups excluding carboxylic acids is 1. The number of nitrogens with one attached hydrogen (secondary N) is 2. The Bertz CT molecular complexity index is 389. The Morgan fingerprint density at radius 2 is 2.07 bits per heavy atom. The maximum Gasteiger partial charge on any atom is 0.251 e. The maximum atomic E-state index is 11.7. The van der Waals surface area contributed by atoms with Gasteiger partial charge in [-0.2, -0.15) is 0 Å². The molecular formula is C11H12N2O. The van der Waals surface area contributed by atoms with E-state index in [1.54, 1.807) is 0 Å². The van der Waals surface area contributed by atoms with Gasteiger partial charge in [0.1, 0.15) is 0 Å². The van der Waals surface area contributed by atoms with Crippen molar-refractivity contribution in [1.82, 2.24) is 10.6 Å². The van der Waals surface area contributed by atoms with Gasteiger partial charge in [0.05, 0.1) is 0 Å². The van der Waals surface area contributed by atoms with Gasteiger partial charge in [-0.05, 0) is 11.6 Å². The van der Waals surface area contributed by atoms with Gasteiger partial charge in [0.2, 0.25) is 0 Å². The first kappa shape index (κ1) is 8.00. The van der Waals surface area contributed by atoms with Crippen LogP contribution in [0, 0.1) is 0 Å². The fourth-order valence-corrected chi connectivity index (χ4v) is 2.43. The summed E-state index contributed by atoms with van der Waals surface area (Å²) in [5.74, 6) is 0.537. The fraction of sp³-hybridized carbons (Fsp3) is 0.364. The maximum absolute atomic E-state index is 11.7. The Kier molecular flexibility index (Phi) is 1.61. The van der Waals surface area contributed by atoms with E-state index < -0.39 is 0 Å². The van der Waals surface area contributed by atoms with Crippen molar-refractivity contribution in [2.45, 2.75) is 12.0 Å². The van der Waals surface area contributed by atoms with E-state index in [4.69, 9.17) is 0 Å². The molecule has 2 atom stereocenters. The summed E-state index contributed by atoms with van der Waals surface area (Å²) in [5.41, 5.74) is 2.05. The van der Waals surface area contributed by atoms with Crippen LogP contribution < -0.4 is 10.6 Å². The molecule has 0 bridgehead atoms. The van der Waals surface area contributed by atoms with Crippen molar-refractivity contribution >= 4 is 5.91 Å². The molecule has 0 unspecified atom stereocenters. The highest BCUT2D eigenvalue weighted by Crippen LogP contribution is 2.29. The second-order valence-corrected chi connectivity index (χ2v) is 3.93. The lowest BCUT2D eigenvalue weighted by molar-refractivity contribution is 0.0924. The highest BCUT2D eigenvalue weighted by atomic mass is 16.1. The third kappa shape index (κ3) is 0.990. The molecule has 3 nitrogen and oxygen atoms in total. The van der Waals surface area contributed by atoms with Crippen molar-refractivity contribution in [3.05, 3.63) is 35.4 Å². The van der Waals surface area contributed by atoms with E-state index in [-0.39, 0.29) is 11.9 Å². The Hall–Kier alpha value is -1.35. The highest BCUT2D eigenvalue weighted by molar-refractivity contribution is 5.97. The van der Waals surface area contributed by atoms with E-state index in [1.165, 1.54) is 5.56 Å². The minimum Gasteiger partial charge on any atom is -0.347 e. The van der Waals surface area contributed by atoms with Crippen molar-refractivity contribution in [3.63, 3.8) is 0 Å². The predicted octanol–water partition coefficient (Wildman–Crippen LogP) is 0.485. The van der Waals surface area contributed by atoms with Crippen LogP contribution in [0.25, 0.3) is 0 Å². The molecule has 1 aromatic rings. The molecule has 14 heavy (non-hydrogen) atoms. The quantitative estimate of drug-likeness (QED) is 0.622. The van der Waals surface area contributed by atoms with Gasteiger partial charge in [0.25, 0.3) is 5.91 Å². The molecule has 1 aromatic carbocycles. The first-order chi connectivity index (χ1) is 6.86. The van der Waals surface area contributed by atoms with Gasteiger partial charge < -0.3 is 10.6 Å². The predicted molar refractivity (Wildman–Crippen MR) is 53.3 cm³/mol. The molecule has 1 fully saturated rings. The van der Waals surface area contributed by atoms with Crippen LogP contribution in [0.1, 0.15) is 21.8 Å². The molecule has 0 spiro atoms. The Balaban J connectivity index is 2.13. The van der Waals surface area contributed by atoms with Crippen LogP contribution in [0.15, 0.2) is 24.3 Å². The zero-order valence-electron chi connectivity index (χ0n) is 7.79. The van der Waals surface area contributed by atoms with Gasteiger partial charge in [0.15, 0.2) is 0 Å². The molecule has 3 heteroatoms. The molecule has 0 saturated carbocycles. The standard InChI is InChI=1S/C11H12N2O/c14-11-8-4-2-1-3-7(8)9-5-12-6-10(9)13-11/h1-4,9-10,12H,5-6H2,(H,13,14)/t9-,10-/m0/s1. The molecule has 0 radical (unpaired) electrons. The average Bonchev–Trinajstić information content (AvgIpc) is 2.66. The number of amides is 1. The van der Waals surface area contributed by atoms with Crippen LogP contribution in [-0.2, 0) is 0 Å². The Morgan fingerprint density at radius 1 is 1.21 bits per heavy atom. The molecule has 1 saturated heterocycles. The van der Waals surface area contributed by atoms with E-state index in [0.29, 0.717) is 5.92 Å². The topological polar surface area (TPSA) is 41.1 Å². The lowest BCUT2D eigenvalue weighted by atomic mass is 9.86. The van der Waals surface area contributed by atoms with Crippen LogP contribution >= 0.6 is 0 Å². The summed E-state index contributed by atoms with van der Waals surface area (Å²) in [6.07, 6.45) is 0. The number of benzene rings is 1. The highest BCUT2D eigenvalue weighted by Gasteiger charge is 2.36. The van der Waals surface area contributed by atoms with Crippen LogP contribution in [0.3, 0.4) is 0 Å². The first-order valence-electron chi connectivity index (χ1n) is 4.97. The summed E-state index contributed by atoms with van der Waals surface area (Å²) in [4.78, 5) is 11.7. The van der Waals surface area contributed by atoms with Gasteiger partial charge in [-0.15, -0.1) is 0 Å². The summed E-state index contributed by atoms with van der Waals surface area (Å²) < 4.78 is 0. The number of hydrogen-bond acceptors (Lipinski definition) is 2. The number of carbonyl (C=O) groups is 1. The number of fused-ring (bicyclic) bond motifs is 3. The molecule has 72 valence electrons. The number of hydrogen-bond donors (Lipinski definition) is 2. The van der Waals surface area contributed by atoms with Crippen LogP contribution in [0.2, 0.25) is 0 Å². The van der Waals surface area contributed by atoms with E-state index in [2.05, 4.69) is 16.7 Å². The van der Waals surface area contributed by atoms with E-state index >= 15 is 0 Å². The summed E-state index contributed by atoms with van der Waals surface area (Å²) in [5, 5.41) is 6.34. The monoisotopic (exact) mass is 188 g/mol. The molecule has 2 aliphatic heterocycles. The van der Waals surface area contributed by atoms with Crippen molar-refractivity contribution in [3.8, 4) is 0 Å². The second kappa shape index (κ2) is 2.82. The molecule has 0 aromatic heterocycles. The molecule has 2 aliphatic rings. The van der Waals surface area contributed by atoms with E-state index in [1.807, 2.05) is 18.2 Å². The molecular weight excluding hydrogens is 176 g/mol. The summed E-state index contributed by atoms with van der Waals surface area (Å²) in [6.45, 7) is 1.87. The van der Waals surface area contributed by atoms with Gasteiger partial charge in [-0.3, -0.25) is 4.79 Å². The summed E-state index contributed by atoms with van der Waals surface area (Å²) in [6, 6.07) is 8.18. The van der Waals surface area contributed by atoms with Crippen LogP contribution in [0.5, 0.6) is 0 Å². The van der Waals surface area contributed by atoms with Crippen LogP contribution in [0.4, 0.5) is 0 Å². The molecule has 2 N–H and O–H groups in total. The SMILES string of the molecule is O=C1N[C@H]2CNC[C@H]2c2ccccc21. The third-order valence-corrected chi connectivity index (χ3v) is 3.14. The normalized spacial score (nSPS) is 29.3. The lowest BCUT2D eigenvalue weighted by Gasteiger charge is -2.27. The largest absolute Gasteiger partial charge is 0.347 e. The minimum absolute atomic E-state index is 0.0746. The van der Waals surface area contributed by atoms with Crippen molar-refractivity contribution in [1.29, 1.82) is 0 Å². The van der Waals surface area contributed by atoms with Gasteiger partial charge in [-0.25, -0.2) is 0 Å². The van der Waals surface area contributed by atoms with Crippen LogP contribution in [-0.4, -0.2) is 25.0 Å². The Morgan fingerprint density at radius 3 is 3.00 bits per heavy atom. The minimum atomic E-state index is 0.0746. The zero-order chi connectivity index (χ0) is 9.54. The first-order valence-corrected chi connectivity index (χ1v) is 4.97. The van der Waals surface area contributed by atoms with E-state index in [0.717, 1.165) is 18.7 Å². The number of rotatable bonds is 0.